The SMILES string of the molecule is Cc1cc(CBr)cc(C)c1OCC1CCCCC1. The predicted octanol–water partition coefficient (Wildman–Crippen LogP) is 5.16. The number of rotatable bonds is 4. The van der Waals surface area contributed by atoms with Crippen molar-refractivity contribution < 1.29 is 4.74 Å². The Morgan fingerprint density at radius 2 is 1.72 bits per heavy atom. The van der Waals surface area contributed by atoms with Crippen LogP contribution in [0.5, 0.6) is 5.75 Å². The highest BCUT2D eigenvalue weighted by Gasteiger charge is 2.15. The lowest BCUT2D eigenvalue weighted by molar-refractivity contribution is 0.207. The van der Waals surface area contributed by atoms with Gasteiger partial charge < -0.3 is 4.74 Å². The second-order valence-electron chi connectivity index (χ2n) is 5.51. The van der Waals surface area contributed by atoms with Crippen molar-refractivity contribution in [1.29, 1.82) is 0 Å². The third kappa shape index (κ3) is 3.50. The van der Waals surface area contributed by atoms with Gasteiger partial charge in [-0.1, -0.05) is 47.3 Å². The lowest BCUT2D eigenvalue weighted by atomic mass is 9.90. The summed E-state index contributed by atoms with van der Waals surface area (Å²) < 4.78 is 6.09. The van der Waals surface area contributed by atoms with Crippen molar-refractivity contribution in [2.45, 2.75) is 51.3 Å². The molecule has 0 spiro atoms. The minimum absolute atomic E-state index is 0.772. The lowest BCUT2D eigenvalue weighted by Crippen LogP contribution is -2.16. The predicted molar refractivity (Wildman–Crippen MR) is 80.6 cm³/mol. The Labute approximate surface area is 119 Å². The molecule has 0 heterocycles. The smallest absolute Gasteiger partial charge is 0.125 e. The van der Waals surface area contributed by atoms with E-state index in [1.54, 1.807) is 0 Å². The van der Waals surface area contributed by atoms with E-state index in [0.29, 0.717) is 0 Å². The van der Waals surface area contributed by atoms with Crippen LogP contribution >= 0.6 is 15.9 Å². The fraction of sp³-hybridized carbons (Fsp3) is 0.625. The molecule has 0 saturated heterocycles. The van der Waals surface area contributed by atoms with Gasteiger partial charge in [-0.15, -0.1) is 0 Å². The highest BCUT2D eigenvalue weighted by molar-refractivity contribution is 9.08. The van der Waals surface area contributed by atoms with Gasteiger partial charge in [0.15, 0.2) is 0 Å². The summed E-state index contributed by atoms with van der Waals surface area (Å²) in [7, 11) is 0. The van der Waals surface area contributed by atoms with Crippen LogP contribution in [-0.4, -0.2) is 6.61 Å². The Morgan fingerprint density at radius 3 is 2.28 bits per heavy atom. The van der Waals surface area contributed by atoms with E-state index in [1.807, 2.05) is 0 Å². The number of aryl methyl sites for hydroxylation is 2. The van der Waals surface area contributed by atoms with E-state index in [2.05, 4.69) is 41.9 Å². The topological polar surface area (TPSA) is 9.23 Å². The van der Waals surface area contributed by atoms with Crippen LogP contribution in [0.1, 0.15) is 48.8 Å². The molecule has 0 N–H and O–H groups in total. The van der Waals surface area contributed by atoms with E-state index in [-0.39, 0.29) is 0 Å². The molecule has 100 valence electrons. The van der Waals surface area contributed by atoms with Crippen LogP contribution in [-0.2, 0) is 5.33 Å². The highest BCUT2D eigenvalue weighted by Crippen LogP contribution is 2.29. The number of hydrogen-bond acceptors (Lipinski definition) is 1. The molecule has 1 aliphatic carbocycles. The molecule has 0 atom stereocenters. The van der Waals surface area contributed by atoms with Crippen molar-refractivity contribution in [2.24, 2.45) is 5.92 Å². The van der Waals surface area contributed by atoms with Gasteiger partial charge in [0.2, 0.25) is 0 Å². The van der Waals surface area contributed by atoms with E-state index in [9.17, 15) is 0 Å². The summed E-state index contributed by atoms with van der Waals surface area (Å²) in [6.07, 6.45) is 6.87. The molecule has 0 bridgehead atoms. The fourth-order valence-electron chi connectivity index (χ4n) is 2.90. The third-order valence-corrected chi connectivity index (χ3v) is 4.51. The number of benzene rings is 1. The van der Waals surface area contributed by atoms with E-state index in [0.717, 1.165) is 23.6 Å². The number of ether oxygens (including phenoxy) is 1. The first kappa shape index (κ1) is 13.9. The molecule has 0 radical (unpaired) electrons. The summed E-state index contributed by atoms with van der Waals surface area (Å²) >= 11 is 3.51. The van der Waals surface area contributed by atoms with Gasteiger partial charge in [-0.25, -0.2) is 0 Å². The zero-order valence-electron chi connectivity index (χ0n) is 11.5. The second-order valence-corrected chi connectivity index (χ2v) is 6.07. The first-order chi connectivity index (χ1) is 8.70. The molecule has 0 amide bonds. The molecule has 1 saturated carbocycles. The van der Waals surface area contributed by atoms with Crippen LogP contribution in [0, 0.1) is 19.8 Å². The average molecular weight is 311 g/mol. The summed E-state index contributed by atoms with van der Waals surface area (Å²) in [6.45, 7) is 5.19. The molecule has 2 heteroatoms. The van der Waals surface area contributed by atoms with Gasteiger partial charge >= 0.3 is 0 Å². The van der Waals surface area contributed by atoms with E-state index in [4.69, 9.17) is 4.74 Å². The molecular formula is C16H23BrO. The van der Waals surface area contributed by atoms with E-state index < -0.39 is 0 Å². The van der Waals surface area contributed by atoms with Gasteiger partial charge in [0, 0.05) is 5.33 Å². The van der Waals surface area contributed by atoms with Gasteiger partial charge in [0.25, 0.3) is 0 Å². The first-order valence-corrected chi connectivity index (χ1v) is 8.11. The Kier molecular flexibility index (Phi) is 5.11. The van der Waals surface area contributed by atoms with Crippen LogP contribution in [0.2, 0.25) is 0 Å². The average Bonchev–Trinajstić information content (AvgIpc) is 2.38. The van der Waals surface area contributed by atoms with Crippen LogP contribution in [0.3, 0.4) is 0 Å². The molecule has 1 aliphatic rings. The largest absolute Gasteiger partial charge is 0.493 e. The molecule has 0 aromatic heterocycles. The monoisotopic (exact) mass is 310 g/mol. The van der Waals surface area contributed by atoms with Gasteiger partial charge in [-0.2, -0.15) is 0 Å². The van der Waals surface area contributed by atoms with Crippen molar-refractivity contribution in [3.05, 3.63) is 28.8 Å². The summed E-state index contributed by atoms with van der Waals surface area (Å²) in [5.41, 5.74) is 3.86. The molecule has 0 aliphatic heterocycles. The molecular weight excluding hydrogens is 288 g/mol. The number of alkyl halides is 1. The van der Waals surface area contributed by atoms with Crippen molar-refractivity contribution >= 4 is 15.9 Å². The summed E-state index contributed by atoms with van der Waals surface area (Å²) in [6, 6.07) is 4.44. The zero-order valence-corrected chi connectivity index (χ0v) is 13.1. The van der Waals surface area contributed by atoms with Gasteiger partial charge in [0.05, 0.1) is 6.61 Å². The molecule has 0 unspecified atom stereocenters. The molecule has 1 aromatic carbocycles. The molecule has 2 rings (SSSR count). The Bertz CT molecular complexity index is 371. The van der Waals surface area contributed by atoms with Gasteiger partial charge in [-0.05, 0) is 49.3 Å². The molecule has 1 aromatic rings. The van der Waals surface area contributed by atoms with E-state index in [1.165, 1.54) is 48.8 Å². The third-order valence-electron chi connectivity index (χ3n) is 3.86. The number of halogens is 1. The summed E-state index contributed by atoms with van der Waals surface area (Å²) in [5.74, 6) is 1.87. The minimum atomic E-state index is 0.772. The Hall–Kier alpha value is -0.500. The normalized spacial score (nSPS) is 16.8. The van der Waals surface area contributed by atoms with Crippen LogP contribution in [0.25, 0.3) is 0 Å². The zero-order chi connectivity index (χ0) is 13.0. The maximum absolute atomic E-state index is 6.09. The minimum Gasteiger partial charge on any atom is -0.493 e. The first-order valence-electron chi connectivity index (χ1n) is 6.99. The van der Waals surface area contributed by atoms with Crippen LogP contribution in [0.15, 0.2) is 12.1 Å². The fourth-order valence-corrected chi connectivity index (χ4v) is 3.22. The lowest BCUT2D eigenvalue weighted by Gasteiger charge is -2.23. The van der Waals surface area contributed by atoms with Gasteiger partial charge in [0.1, 0.15) is 5.75 Å². The second kappa shape index (κ2) is 6.60. The van der Waals surface area contributed by atoms with Crippen LogP contribution < -0.4 is 4.74 Å². The summed E-state index contributed by atoms with van der Waals surface area (Å²) in [5, 5.41) is 0.914. The maximum Gasteiger partial charge on any atom is 0.125 e. The van der Waals surface area contributed by atoms with Crippen molar-refractivity contribution in [3.8, 4) is 5.75 Å². The number of hydrogen-bond donors (Lipinski definition) is 0. The Balaban J connectivity index is 2.00. The van der Waals surface area contributed by atoms with Crippen LogP contribution in [0.4, 0.5) is 0 Å². The quantitative estimate of drug-likeness (QED) is 0.698. The van der Waals surface area contributed by atoms with Gasteiger partial charge in [-0.3, -0.25) is 0 Å². The van der Waals surface area contributed by atoms with Crippen molar-refractivity contribution in [2.75, 3.05) is 6.61 Å². The maximum atomic E-state index is 6.09. The van der Waals surface area contributed by atoms with Crippen molar-refractivity contribution in [3.63, 3.8) is 0 Å². The Morgan fingerprint density at radius 1 is 1.11 bits per heavy atom. The summed E-state index contributed by atoms with van der Waals surface area (Å²) in [4.78, 5) is 0. The highest BCUT2D eigenvalue weighted by atomic mass is 79.9. The van der Waals surface area contributed by atoms with Crippen molar-refractivity contribution in [1.82, 2.24) is 0 Å². The molecule has 18 heavy (non-hydrogen) atoms. The molecule has 1 fully saturated rings. The van der Waals surface area contributed by atoms with E-state index >= 15 is 0 Å². The molecule has 1 nitrogen and oxygen atoms in total. The standard InChI is InChI=1S/C16H23BrO/c1-12-8-15(10-17)9-13(2)16(12)18-11-14-6-4-3-5-7-14/h8-9,14H,3-7,10-11H2,1-2H3.